The van der Waals surface area contributed by atoms with Gasteiger partial charge in [0.1, 0.15) is 17.8 Å². The number of thioether (sulfide) groups is 1. The number of hydrogen-bond acceptors (Lipinski definition) is 4. The predicted octanol–water partition coefficient (Wildman–Crippen LogP) is 3.19. The molecule has 3 rings (SSSR count). The van der Waals surface area contributed by atoms with Gasteiger partial charge in [-0.05, 0) is 42.0 Å². The molecular weight excluding hydrogens is 343 g/mol. The fourth-order valence-corrected chi connectivity index (χ4v) is 3.82. The number of hydrogen-bond donors (Lipinski definition) is 1. The van der Waals surface area contributed by atoms with E-state index in [4.69, 9.17) is 4.74 Å². The molecule has 1 saturated heterocycles. The molecule has 1 heterocycles. The highest BCUT2D eigenvalue weighted by atomic mass is 32.2. The predicted molar refractivity (Wildman–Crippen MR) is 96.0 cm³/mol. The Kier molecular flexibility index (Phi) is 5.35. The fraction of sp³-hybridized carbons (Fsp3) is 0.222. The Bertz CT molecular complexity index is 782. The summed E-state index contributed by atoms with van der Waals surface area (Å²) in [5, 5.41) is 2.53. The van der Waals surface area contributed by atoms with Crippen molar-refractivity contribution in [2.75, 3.05) is 29.7 Å². The molecule has 1 aliphatic rings. The molecule has 0 aromatic heterocycles. The molecule has 1 fully saturated rings. The van der Waals surface area contributed by atoms with Gasteiger partial charge in [-0.1, -0.05) is 12.1 Å². The summed E-state index contributed by atoms with van der Waals surface area (Å²) in [5.74, 6) is -0.273. The van der Waals surface area contributed by atoms with Crippen molar-refractivity contribution in [1.29, 1.82) is 0 Å². The minimum Gasteiger partial charge on any atom is -0.375 e. The normalized spacial score (nSPS) is 17.0. The SMILES string of the molecule is COCC(=O)Nc1cccc([C@H]2SCC(=O)N2c2ccc(F)cc2)c1. The number of halogens is 1. The number of carbonyl (C=O) groups is 2. The van der Waals surface area contributed by atoms with Crippen LogP contribution in [0.2, 0.25) is 0 Å². The van der Waals surface area contributed by atoms with Crippen molar-refractivity contribution in [3.8, 4) is 0 Å². The second-order valence-electron chi connectivity index (χ2n) is 5.51. The van der Waals surface area contributed by atoms with Crippen LogP contribution in [0.15, 0.2) is 48.5 Å². The summed E-state index contributed by atoms with van der Waals surface area (Å²) >= 11 is 1.49. The third-order valence-electron chi connectivity index (χ3n) is 3.70. The smallest absolute Gasteiger partial charge is 0.250 e. The van der Waals surface area contributed by atoms with Gasteiger partial charge in [-0.3, -0.25) is 14.5 Å². The molecule has 2 aromatic carbocycles. The third-order valence-corrected chi connectivity index (χ3v) is 4.92. The van der Waals surface area contributed by atoms with Gasteiger partial charge in [0.05, 0.1) is 5.75 Å². The number of methoxy groups -OCH3 is 1. The summed E-state index contributed by atoms with van der Waals surface area (Å²) in [6, 6.07) is 13.2. The first kappa shape index (κ1) is 17.4. The van der Waals surface area contributed by atoms with Gasteiger partial charge in [-0.15, -0.1) is 11.8 Å². The Morgan fingerprint density at radius 1 is 1.32 bits per heavy atom. The van der Waals surface area contributed by atoms with Crippen LogP contribution in [-0.2, 0) is 14.3 Å². The molecule has 0 radical (unpaired) electrons. The Balaban J connectivity index is 1.85. The molecule has 7 heteroatoms. The van der Waals surface area contributed by atoms with Gasteiger partial charge in [0.15, 0.2) is 0 Å². The van der Waals surface area contributed by atoms with E-state index in [0.29, 0.717) is 17.1 Å². The van der Waals surface area contributed by atoms with Crippen LogP contribution < -0.4 is 10.2 Å². The van der Waals surface area contributed by atoms with E-state index in [0.717, 1.165) is 5.56 Å². The van der Waals surface area contributed by atoms with Crippen LogP contribution in [0.25, 0.3) is 0 Å². The molecule has 130 valence electrons. The van der Waals surface area contributed by atoms with Crippen LogP contribution in [0.5, 0.6) is 0 Å². The van der Waals surface area contributed by atoms with Gasteiger partial charge < -0.3 is 10.1 Å². The molecule has 1 N–H and O–H groups in total. The molecule has 2 aromatic rings. The Hall–Kier alpha value is -2.38. The summed E-state index contributed by atoms with van der Waals surface area (Å²) in [4.78, 5) is 25.6. The summed E-state index contributed by atoms with van der Waals surface area (Å²) in [5.41, 5.74) is 2.17. The van der Waals surface area contributed by atoms with Gasteiger partial charge >= 0.3 is 0 Å². The maximum Gasteiger partial charge on any atom is 0.250 e. The topological polar surface area (TPSA) is 58.6 Å². The molecule has 0 unspecified atom stereocenters. The fourth-order valence-electron chi connectivity index (χ4n) is 2.65. The molecule has 0 saturated carbocycles. The lowest BCUT2D eigenvalue weighted by Crippen LogP contribution is -2.27. The Morgan fingerprint density at radius 3 is 2.80 bits per heavy atom. The lowest BCUT2D eigenvalue weighted by molar-refractivity contribution is -0.119. The molecule has 0 spiro atoms. The average molecular weight is 360 g/mol. The number of anilines is 2. The molecule has 2 amide bonds. The standard InChI is InChI=1S/C18H17FN2O3S/c1-24-10-16(22)20-14-4-2-3-12(9-14)18-21(17(23)11-25-18)15-7-5-13(19)6-8-15/h2-9,18H,10-11H2,1H3,(H,20,22)/t18-/m1/s1. The lowest BCUT2D eigenvalue weighted by Gasteiger charge is -2.24. The largest absolute Gasteiger partial charge is 0.375 e. The highest BCUT2D eigenvalue weighted by Crippen LogP contribution is 2.42. The minimum atomic E-state index is -0.345. The van der Waals surface area contributed by atoms with Gasteiger partial charge in [-0.25, -0.2) is 4.39 Å². The number of amides is 2. The van der Waals surface area contributed by atoms with Crippen LogP contribution in [0.1, 0.15) is 10.9 Å². The van der Waals surface area contributed by atoms with Gasteiger partial charge in [0.25, 0.3) is 0 Å². The zero-order chi connectivity index (χ0) is 17.8. The van der Waals surface area contributed by atoms with E-state index in [2.05, 4.69) is 5.32 Å². The first-order valence-electron chi connectivity index (χ1n) is 7.66. The molecule has 25 heavy (non-hydrogen) atoms. The molecule has 1 aliphatic heterocycles. The molecule has 1 atom stereocenters. The maximum absolute atomic E-state index is 13.2. The number of rotatable bonds is 5. The second-order valence-corrected chi connectivity index (χ2v) is 6.58. The Morgan fingerprint density at radius 2 is 2.08 bits per heavy atom. The van der Waals surface area contributed by atoms with Crippen LogP contribution in [0.3, 0.4) is 0 Å². The van der Waals surface area contributed by atoms with Crippen LogP contribution in [-0.4, -0.2) is 31.3 Å². The Labute approximate surface area is 149 Å². The zero-order valence-electron chi connectivity index (χ0n) is 13.6. The molecular formula is C18H17FN2O3S. The molecule has 0 bridgehead atoms. The molecule has 0 aliphatic carbocycles. The summed E-state index contributed by atoms with van der Waals surface area (Å²) in [7, 11) is 1.46. The molecule has 5 nitrogen and oxygen atoms in total. The zero-order valence-corrected chi connectivity index (χ0v) is 14.4. The number of benzene rings is 2. The lowest BCUT2D eigenvalue weighted by atomic mass is 10.1. The highest BCUT2D eigenvalue weighted by Gasteiger charge is 2.34. The summed E-state index contributed by atoms with van der Waals surface area (Å²) in [6.07, 6.45) is 0. The van der Waals surface area contributed by atoms with Crippen molar-refractivity contribution in [3.05, 3.63) is 59.9 Å². The summed E-state index contributed by atoms with van der Waals surface area (Å²) in [6.45, 7) is -0.0252. The van der Waals surface area contributed by atoms with Gasteiger partial charge in [0.2, 0.25) is 11.8 Å². The van der Waals surface area contributed by atoms with E-state index < -0.39 is 0 Å². The number of ether oxygens (including phenoxy) is 1. The van der Waals surface area contributed by atoms with Crippen molar-refractivity contribution in [3.63, 3.8) is 0 Å². The number of nitrogens with one attached hydrogen (secondary N) is 1. The minimum absolute atomic E-state index is 0.0252. The first-order valence-corrected chi connectivity index (χ1v) is 8.71. The summed E-state index contributed by atoms with van der Waals surface area (Å²) < 4.78 is 18.0. The van der Waals surface area contributed by atoms with Crippen molar-refractivity contribution in [2.45, 2.75) is 5.37 Å². The van der Waals surface area contributed by atoms with E-state index in [1.165, 1.54) is 31.0 Å². The van der Waals surface area contributed by atoms with Crippen molar-refractivity contribution in [2.24, 2.45) is 0 Å². The van der Waals surface area contributed by atoms with Crippen molar-refractivity contribution >= 4 is 35.0 Å². The number of carbonyl (C=O) groups excluding carboxylic acids is 2. The van der Waals surface area contributed by atoms with Gasteiger partial charge in [0, 0.05) is 18.5 Å². The van der Waals surface area contributed by atoms with Gasteiger partial charge in [-0.2, -0.15) is 0 Å². The third kappa shape index (κ3) is 4.00. The van der Waals surface area contributed by atoms with E-state index in [1.54, 1.807) is 23.1 Å². The maximum atomic E-state index is 13.2. The van der Waals surface area contributed by atoms with E-state index in [1.807, 2.05) is 18.2 Å². The highest BCUT2D eigenvalue weighted by molar-refractivity contribution is 8.00. The van der Waals surface area contributed by atoms with E-state index >= 15 is 0 Å². The number of nitrogens with zero attached hydrogens (tertiary/aromatic N) is 1. The second kappa shape index (κ2) is 7.67. The quantitative estimate of drug-likeness (QED) is 0.890. The average Bonchev–Trinajstić information content (AvgIpc) is 2.98. The van der Waals surface area contributed by atoms with E-state index in [-0.39, 0.29) is 29.6 Å². The van der Waals surface area contributed by atoms with Crippen LogP contribution >= 0.6 is 11.8 Å². The van der Waals surface area contributed by atoms with Crippen molar-refractivity contribution < 1.29 is 18.7 Å². The van der Waals surface area contributed by atoms with E-state index in [9.17, 15) is 14.0 Å². The van der Waals surface area contributed by atoms with Crippen LogP contribution in [0.4, 0.5) is 15.8 Å². The first-order chi connectivity index (χ1) is 12.1. The monoisotopic (exact) mass is 360 g/mol. The van der Waals surface area contributed by atoms with Crippen molar-refractivity contribution in [1.82, 2.24) is 0 Å². The van der Waals surface area contributed by atoms with Crippen LogP contribution in [0, 0.1) is 5.82 Å².